The first-order valence-electron chi connectivity index (χ1n) is 6.87. The molecule has 104 valence electrons. The minimum Gasteiger partial charge on any atom is -0.481 e. The Morgan fingerprint density at radius 3 is 2.39 bits per heavy atom. The summed E-state index contributed by atoms with van der Waals surface area (Å²) >= 11 is 0. The standard InChI is InChI=1S/C13H24N2O3/c1-3-10(12(16)17)9-14-13(18)15(4-2)11-7-5-6-8-11/h10-11H,3-9H2,1-2H3,(H,14,18)(H,16,17). The van der Waals surface area contributed by atoms with Crippen molar-refractivity contribution in [3.8, 4) is 0 Å². The Hall–Kier alpha value is -1.26. The molecule has 0 aromatic rings. The van der Waals surface area contributed by atoms with Gasteiger partial charge >= 0.3 is 12.0 Å². The quantitative estimate of drug-likeness (QED) is 0.764. The van der Waals surface area contributed by atoms with Crippen molar-refractivity contribution >= 4 is 12.0 Å². The molecule has 1 fully saturated rings. The highest BCUT2D eigenvalue weighted by Gasteiger charge is 2.26. The van der Waals surface area contributed by atoms with Crippen molar-refractivity contribution in [2.45, 2.75) is 52.0 Å². The third-order valence-electron chi connectivity index (χ3n) is 3.71. The van der Waals surface area contributed by atoms with Crippen LogP contribution in [0.1, 0.15) is 46.0 Å². The van der Waals surface area contributed by atoms with Crippen molar-refractivity contribution in [2.24, 2.45) is 5.92 Å². The lowest BCUT2D eigenvalue weighted by Crippen LogP contribution is -2.46. The van der Waals surface area contributed by atoms with Gasteiger partial charge in [-0.05, 0) is 26.2 Å². The van der Waals surface area contributed by atoms with Crippen LogP contribution in [-0.4, -0.2) is 41.1 Å². The SMILES string of the molecule is CCC(CNC(=O)N(CC)C1CCCC1)C(=O)O. The molecule has 0 aromatic heterocycles. The summed E-state index contributed by atoms with van der Waals surface area (Å²) in [6.07, 6.45) is 5.03. The summed E-state index contributed by atoms with van der Waals surface area (Å²) in [6.45, 7) is 4.68. The van der Waals surface area contributed by atoms with Crippen molar-refractivity contribution in [1.82, 2.24) is 10.2 Å². The zero-order valence-electron chi connectivity index (χ0n) is 11.3. The number of carbonyl (C=O) groups excluding carboxylic acids is 1. The van der Waals surface area contributed by atoms with Crippen molar-refractivity contribution in [3.05, 3.63) is 0 Å². The molecule has 0 aromatic carbocycles. The maximum Gasteiger partial charge on any atom is 0.317 e. The van der Waals surface area contributed by atoms with E-state index in [0.29, 0.717) is 19.0 Å². The van der Waals surface area contributed by atoms with Crippen LogP contribution >= 0.6 is 0 Å². The summed E-state index contributed by atoms with van der Waals surface area (Å²) < 4.78 is 0. The molecule has 1 unspecified atom stereocenters. The molecule has 2 amide bonds. The highest BCUT2D eigenvalue weighted by atomic mass is 16.4. The number of urea groups is 1. The Balaban J connectivity index is 2.44. The van der Waals surface area contributed by atoms with Gasteiger partial charge in [-0.15, -0.1) is 0 Å². The molecule has 1 saturated carbocycles. The molecular formula is C13H24N2O3. The molecule has 18 heavy (non-hydrogen) atoms. The highest BCUT2D eigenvalue weighted by Crippen LogP contribution is 2.23. The fourth-order valence-electron chi connectivity index (χ4n) is 2.50. The molecule has 0 saturated heterocycles. The molecule has 1 aliphatic rings. The first-order chi connectivity index (χ1) is 8.60. The summed E-state index contributed by atoms with van der Waals surface area (Å²) in [5, 5.41) is 11.7. The number of rotatable bonds is 6. The second-order valence-corrected chi connectivity index (χ2v) is 4.85. The summed E-state index contributed by atoms with van der Waals surface area (Å²) in [5.74, 6) is -1.34. The number of amides is 2. The number of hydrogen-bond acceptors (Lipinski definition) is 2. The number of carboxylic acid groups (broad SMARTS) is 1. The smallest absolute Gasteiger partial charge is 0.317 e. The molecule has 0 heterocycles. The molecule has 0 bridgehead atoms. The van der Waals surface area contributed by atoms with Crippen molar-refractivity contribution < 1.29 is 14.7 Å². The van der Waals surface area contributed by atoms with Crippen molar-refractivity contribution in [2.75, 3.05) is 13.1 Å². The van der Waals surface area contributed by atoms with Crippen LogP contribution in [0.2, 0.25) is 0 Å². The van der Waals surface area contributed by atoms with E-state index in [2.05, 4.69) is 5.32 Å². The predicted molar refractivity (Wildman–Crippen MR) is 69.5 cm³/mol. The van der Waals surface area contributed by atoms with Crippen LogP contribution in [0, 0.1) is 5.92 Å². The van der Waals surface area contributed by atoms with E-state index in [4.69, 9.17) is 5.11 Å². The first kappa shape index (κ1) is 14.8. The average Bonchev–Trinajstić information content (AvgIpc) is 2.84. The Morgan fingerprint density at radius 2 is 1.94 bits per heavy atom. The Kier molecular flexibility index (Phi) is 5.95. The van der Waals surface area contributed by atoms with Gasteiger partial charge in [0.1, 0.15) is 0 Å². The topological polar surface area (TPSA) is 69.6 Å². The first-order valence-corrected chi connectivity index (χ1v) is 6.87. The molecule has 5 heteroatoms. The van der Waals surface area contributed by atoms with Gasteiger partial charge in [-0.3, -0.25) is 4.79 Å². The second-order valence-electron chi connectivity index (χ2n) is 4.85. The van der Waals surface area contributed by atoms with Crippen LogP contribution in [0.25, 0.3) is 0 Å². The van der Waals surface area contributed by atoms with E-state index in [1.807, 2.05) is 18.7 Å². The van der Waals surface area contributed by atoms with Gasteiger partial charge in [-0.2, -0.15) is 0 Å². The molecule has 1 atom stereocenters. The van der Waals surface area contributed by atoms with E-state index < -0.39 is 11.9 Å². The normalized spacial score (nSPS) is 17.4. The van der Waals surface area contributed by atoms with Gasteiger partial charge in [0.05, 0.1) is 5.92 Å². The van der Waals surface area contributed by atoms with Crippen LogP contribution in [0.5, 0.6) is 0 Å². The highest BCUT2D eigenvalue weighted by molar-refractivity contribution is 5.76. The zero-order valence-corrected chi connectivity index (χ0v) is 11.3. The third kappa shape index (κ3) is 3.89. The molecule has 0 radical (unpaired) electrons. The van der Waals surface area contributed by atoms with Crippen LogP contribution in [0.4, 0.5) is 4.79 Å². The van der Waals surface area contributed by atoms with E-state index in [9.17, 15) is 9.59 Å². The molecule has 0 spiro atoms. The number of aliphatic carboxylic acids is 1. The monoisotopic (exact) mass is 256 g/mol. The van der Waals surface area contributed by atoms with Gasteiger partial charge in [0.2, 0.25) is 0 Å². The molecule has 1 aliphatic carbocycles. The number of nitrogens with one attached hydrogen (secondary N) is 1. The second kappa shape index (κ2) is 7.24. The predicted octanol–water partition coefficient (Wildman–Crippen LogP) is 2.07. The fourth-order valence-corrected chi connectivity index (χ4v) is 2.50. The lowest BCUT2D eigenvalue weighted by atomic mass is 10.1. The number of carbonyl (C=O) groups is 2. The number of nitrogens with zero attached hydrogens (tertiary/aromatic N) is 1. The summed E-state index contributed by atoms with van der Waals surface area (Å²) in [7, 11) is 0. The average molecular weight is 256 g/mol. The summed E-state index contributed by atoms with van der Waals surface area (Å²) in [6, 6.07) is 0.212. The number of hydrogen-bond donors (Lipinski definition) is 2. The molecule has 2 N–H and O–H groups in total. The van der Waals surface area contributed by atoms with E-state index >= 15 is 0 Å². The fraction of sp³-hybridized carbons (Fsp3) is 0.846. The molecular weight excluding hydrogens is 232 g/mol. The Bertz CT molecular complexity index is 288. The summed E-state index contributed by atoms with van der Waals surface area (Å²) in [4.78, 5) is 24.7. The van der Waals surface area contributed by atoms with E-state index in [-0.39, 0.29) is 12.6 Å². The lowest BCUT2D eigenvalue weighted by Gasteiger charge is -2.28. The minimum absolute atomic E-state index is 0.121. The lowest BCUT2D eigenvalue weighted by molar-refractivity contribution is -0.141. The van der Waals surface area contributed by atoms with Gasteiger partial charge < -0.3 is 15.3 Å². The Labute approximate surface area is 109 Å². The van der Waals surface area contributed by atoms with Gasteiger partial charge in [0.15, 0.2) is 0 Å². The minimum atomic E-state index is -0.846. The summed E-state index contributed by atoms with van der Waals surface area (Å²) in [5.41, 5.74) is 0. The maximum atomic E-state index is 12.0. The Morgan fingerprint density at radius 1 is 1.33 bits per heavy atom. The molecule has 5 nitrogen and oxygen atoms in total. The van der Waals surface area contributed by atoms with Gasteiger partial charge in [0.25, 0.3) is 0 Å². The zero-order chi connectivity index (χ0) is 13.5. The molecule has 0 aliphatic heterocycles. The van der Waals surface area contributed by atoms with E-state index in [1.54, 1.807) is 0 Å². The van der Waals surface area contributed by atoms with Crippen molar-refractivity contribution in [3.63, 3.8) is 0 Å². The van der Waals surface area contributed by atoms with E-state index in [1.165, 1.54) is 12.8 Å². The van der Waals surface area contributed by atoms with Crippen LogP contribution in [0.15, 0.2) is 0 Å². The van der Waals surface area contributed by atoms with Gasteiger partial charge in [-0.1, -0.05) is 19.8 Å². The third-order valence-corrected chi connectivity index (χ3v) is 3.71. The van der Waals surface area contributed by atoms with Crippen LogP contribution in [-0.2, 0) is 4.79 Å². The van der Waals surface area contributed by atoms with Crippen molar-refractivity contribution in [1.29, 1.82) is 0 Å². The van der Waals surface area contributed by atoms with Crippen LogP contribution in [0.3, 0.4) is 0 Å². The van der Waals surface area contributed by atoms with E-state index in [0.717, 1.165) is 12.8 Å². The van der Waals surface area contributed by atoms with Crippen LogP contribution < -0.4 is 5.32 Å². The molecule has 1 rings (SSSR count). The largest absolute Gasteiger partial charge is 0.481 e. The van der Waals surface area contributed by atoms with Gasteiger partial charge in [-0.25, -0.2) is 4.79 Å². The van der Waals surface area contributed by atoms with Gasteiger partial charge in [0, 0.05) is 19.1 Å². The maximum absolute atomic E-state index is 12.0. The number of carboxylic acids is 1.